The lowest BCUT2D eigenvalue weighted by Gasteiger charge is -2.08. The van der Waals surface area contributed by atoms with Crippen molar-refractivity contribution in [3.8, 4) is 11.3 Å². The van der Waals surface area contributed by atoms with E-state index in [0.29, 0.717) is 17.9 Å². The number of nitrogens with zero attached hydrogens (tertiary/aromatic N) is 2. The summed E-state index contributed by atoms with van der Waals surface area (Å²) < 4.78 is 13.0. The number of hydrogen-bond donors (Lipinski definition) is 1. The van der Waals surface area contributed by atoms with Crippen molar-refractivity contribution in [1.82, 2.24) is 9.97 Å². The molecule has 4 heteroatoms. The van der Waals surface area contributed by atoms with Crippen molar-refractivity contribution < 1.29 is 4.39 Å². The van der Waals surface area contributed by atoms with Gasteiger partial charge in [-0.2, -0.15) is 0 Å². The Balaban J connectivity index is 1.94. The molecular formula is C18H16FN3. The monoisotopic (exact) mass is 293 g/mol. The van der Waals surface area contributed by atoms with Crippen molar-refractivity contribution in [1.29, 1.82) is 0 Å². The van der Waals surface area contributed by atoms with Crippen LogP contribution in [0.15, 0.2) is 54.7 Å². The van der Waals surface area contributed by atoms with Crippen molar-refractivity contribution in [2.24, 2.45) is 0 Å². The summed E-state index contributed by atoms with van der Waals surface area (Å²) in [5.74, 6) is 0.150. The smallest absolute Gasteiger partial charge is 0.145 e. The van der Waals surface area contributed by atoms with Crippen LogP contribution in [0.2, 0.25) is 0 Å². The van der Waals surface area contributed by atoms with Gasteiger partial charge in [0.05, 0.1) is 17.6 Å². The molecule has 0 bridgehead atoms. The fourth-order valence-corrected chi connectivity index (χ4v) is 2.31. The highest BCUT2D eigenvalue weighted by Crippen LogP contribution is 2.21. The quantitative estimate of drug-likeness (QED) is 0.800. The number of aryl methyl sites for hydroxylation is 1. The maximum absolute atomic E-state index is 13.0. The van der Waals surface area contributed by atoms with Crippen LogP contribution in [-0.2, 0) is 6.42 Å². The van der Waals surface area contributed by atoms with E-state index in [1.807, 2.05) is 25.1 Å². The molecule has 1 aromatic heterocycles. The van der Waals surface area contributed by atoms with Crippen LogP contribution in [0.25, 0.3) is 11.3 Å². The third-order valence-electron chi connectivity index (χ3n) is 3.48. The lowest BCUT2D eigenvalue weighted by molar-refractivity contribution is 0.627. The van der Waals surface area contributed by atoms with E-state index in [1.54, 1.807) is 18.3 Å². The van der Waals surface area contributed by atoms with E-state index < -0.39 is 0 Å². The second kappa shape index (κ2) is 5.93. The predicted octanol–water partition coefficient (Wildman–Crippen LogP) is 3.76. The number of rotatable bonds is 3. The minimum absolute atomic E-state index is 0.253. The highest BCUT2D eigenvalue weighted by atomic mass is 19.1. The van der Waals surface area contributed by atoms with Crippen molar-refractivity contribution in [2.45, 2.75) is 13.3 Å². The zero-order valence-corrected chi connectivity index (χ0v) is 12.3. The summed E-state index contributed by atoms with van der Waals surface area (Å²) in [6.07, 6.45) is 2.21. The van der Waals surface area contributed by atoms with E-state index in [4.69, 9.17) is 5.73 Å². The molecule has 0 fully saturated rings. The first-order valence-corrected chi connectivity index (χ1v) is 7.05. The molecule has 0 saturated carbocycles. The molecule has 0 atom stereocenters. The number of benzene rings is 2. The molecule has 2 N–H and O–H groups in total. The molecule has 2 aromatic carbocycles. The van der Waals surface area contributed by atoms with E-state index in [9.17, 15) is 4.39 Å². The molecule has 0 aliphatic carbocycles. The van der Waals surface area contributed by atoms with Crippen LogP contribution < -0.4 is 5.73 Å². The van der Waals surface area contributed by atoms with Gasteiger partial charge in [0, 0.05) is 12.0 Å². The van der Waals surface area contributed by atoms with Crippen molar-refractivity contribution in [3.05, 3.63) is 77.4 Å². The molecule has 0 spiro atoms. The molecule has 0 unspecified atom stereocenters. The maximum Gasteiger partial charge on any atom is 0.145 e. The number of halogens is 1. The Morgan fingerprint density at radius 2 is 1.86 bits per heavy atom. The van der Waals surface area contributed by atoms with Gasteiger partial charge in [0.1, 0.15) is 11.6 Å². The number of nitrogens with two attached hydrogens (primary N) is 1. The first-order chi connectivity index (χ1) is 10.6. The molecule has 1 heterocycles. The van der Waals surface area contributed by atoms with Gasteiger partial charge in [0.2, 0.25) is 0 Å². The molecule has 0 aliphatic rings. The molecule has 3 aromatic rings. The van der Waals surface area contributed by atoms with E-state index >= 15 is 0 Å². The highest BCUT2D eigenvalue weighted by molar-refractivity contribution is 5.60. The van der Waals surface area contributed by atoms with Gasteiger partial charge in [-0.1, -0.05) is 35.9 Å². The molecule has 0 amide bonds. The summed E-state index contributed by atoms with van der Waals surface area (Å²) in [7, 11) is 0. The standard InChI is InChI=1S/C18H16FN3/c1-12-3-2-4-14(9-12)17-11-21-18(20)16(22-17)10-13-5-7-15(19)8-6-13/h2-9,11H,10H2,1H3,(H2,20,21). The first kappa shape index (κ1) is 14.2. The van der Waals surface area contributed by atoms with Gasteiger partial charge in [-0.25, -0.2) is 14.4 Å². The molecular weight excluding hydrogens is 277 g/mol. The van der Waals surface area contributed by atoms with Crippen LogP contribution in [-0.4, -0.2) is 9.97 Å². The molecule has 0 saturated heterocycles. The lowest BCUT2D eigenvalue weighted by atomic mass is 10.1. The maximum atomic E-state index is 13.0. The second-order valence-electron chi connectivity index (χ2n) is 5.26. The van der Waals surface area contributed by atoms with Gasteiger partial charge in [-0.15, -0.1) is 0 Å². The predicted molar refractivity (Wildman–Crippen MR) is 85.8 cm³/mol. The Bertz CT molecular complexity index is 798. The zero-order chi connectivity index (χ0) is 15.5. The third-order valence-corrected chi connectivity index (χ3v) is 3.48. The summed E-state index contributed by atoms with van der Waals surface area (Å²) in [5, 5.41) is 0. The normalized spacial score (nSPS) is 10.6. The molecule has 0 aliphatic heterocycles. The Kier molecular flexibility index (Phi) is 3.83. The summed E-state index contributed by atoms with van der Waals surface area (Å²) in [6, 6.07) is 14.4. The first-order valence-electron chi connectivity index (χ1n) is 7.05. The topological polar surface area (TPSA) is 51.8 Å². The van der Waals surface area contributed by atoms with E-state index in [1.165, 1.54) is 12.1 Å². The zero-order valence-electron chi connectivity index (χ0n) is 12.3. The highest BCUT2D eigenvalue weighted by Gasteiger charge is 2.08. The minimum atomic E-state index is -0.253. The summed E-state index contributed by atoms with van der Waals surface area (Å²) in [5.41, 5.74) is 10.5. The summed E-state index contributed by atoms with van der Waals surface area (Å²) >= 11 is 0. The van der Waals surface area contributed by atoms with Crippen molar-refractivity contribution in [2.75, 3.05) is 5.73 Å². The van der Waals surface area contributed by atoms with Crippen LogP contribution in [0.4, 0.5) is 10.2 Å². The van der Waals surface area contributed by atoms with E-state index in [2.05, 4.69) is 16.0 Å². The van der Waals surface area contributed by atoms with Gasteiger partial charge >= 0.3 is 0 Å². The van der Waals surface area contributed by atoms with Crippen LogP contribution in [0, 0.1) is 12.7 Å². The van der Waals surface area contributed by atoms with Crippen molar-refractivity contribution >= 4 is 5.82 Å². The van der Waals surface area contributed by atoms with Crippen LogP contribution in [0.1, 0.15) is 16.8 Å². The van der Waals surface area contributed by atoms with Gasteiger partial charge in [-0.05, 0) is 30.7 Å². The van der Waals surface area contributed by atoms with E-state index in [-0.39, 0.29) is 5.82 Å². The second-order valence-corrected chi connectivity index (χ2v) is 5.26. The largest absolute Gasteiger partial charge is 0.382 e. The Morgan fingerprint density at radius 1 is 1.09 bits per heavy atom. The summed E-state index contributed by atoms with van der Waals surface area (Å²) in [6.45, 7) is 2.04. The molecule has 22 heavy (non-hydrogen) atoms. The summed E-state index contributed by atoms with van der Waals surface area (Å²) in [4.78, 5) is 8.86. The fourth-order valence-electron chi connectivity index (χ4n) is 2.31. The fraction of sp³-hybridized carbons (Fsp3) is 0.111. The SMILES string of the molecule is Cc1cccc(-c2cnc(N)c(Cc3ccc(F)cc3)n2)c1. The Morgan fingerprint density at radius 3 is 2.59 bits per heavy atom. The van der Waals surface area contributed by atoms with Gasteiger partial charge < -0.3 is 5.73 Å². The number of nitrogen functional groups attached to an aromatic ring is 1. The Labute approximate surface area is 128 Å². The lowest BCUT2D eigenvalue weighted by Crippen LogP contribution is -2.03. The van der Waals surface area contributed by atoms with E-state index in [0.717, 1.165) is 22.4 Å². The molecule has 3 nitrogen and oxygen atoms in total. The average Bonchev–Trinajstić information content (AvgIpc) is 2.52. The third kappa shape index (κ3) is 3.11. The molecule has 3 rings (SSSR count). The van der Waals surface area contributed by atoms with Gasteiger partial charge in [0.25, 0.3) is 0 Å². The van der Waals surface area contributed by atoms with Crippen molar-refractivity contribution in [3.63, 3.8) is 0 Å². The van der Waals surface area contributed by atoms with Crippen LogP contribution >= 0.6 is 0 Å². The van der Waals surface area contributed by atoms with Gasteiger partial charge in [0.15, 0.2) is 0 Å². The Hall–Kier alpha value is -2.75. The average molecular weight is 293 g/mol. The molecule has 0 radical (unpaired) electrons. The number of anilines is 1. The van der Waals surface area contributed by atoms with Gasteiger partial charge in [-0.3, -0.25) is 0 Å². The van der Waals surface area contributed by atoms with Crippen LogP contribution in [0.3, 0.4) is 0 Å². The minimum Gasteiger partial charge on any atom is -0.382 e. The number of hydrogen-bond acceptors (Lipinski definition) is 3. The number of aromatic nitrogens is 2. The van der Waals surface area contributed by atoms with Crippen LogP contribution in [0.5, 0.6) is 0 Å². The molecule has 110 valence electrons.